The van der Waals surface area contributed by atoms with Crippen LogP contribution in [0.15, 0.2) is 45.7 Å². The quantitative estimate of drug-likeness (QED) is 0.480. The minimum Gasteiger partial charge on any atom is -0.486 e. The average Bonchev–Trinajstić information content (AvgIpc) is 3.28. The predicted octanol–water partition coefficient (Wildman–Crippen LogP) is 3.54. The summed E-state index contributed by atoms with van der Waals surface area (Å²) in [5, 5.41) is 8.32. The molecule has 162 valence electrons. The summed E-state index contributed by atoms with van der Waals surface area (Å²) in [5.41, 5.74) is 0.661. The van der Waals surface area contributed by atoms with Gasteiger partial charge in [0.05, 0.1) is 11.0 Å². The number of nitrogens with zero attached hydrogens (tertiary/aromatic N) is 1. The summed E-state index contributed by atoms with van der Waals surface area (Å²) in [6.45, 7) is 2.99. The van der Waals surface area contributed by atoms with Crippen molar-refractivity contribution in [1.82, 2.24) is 4.90 Å². The van der Waals surface area contributed by atoms with Gasteiger partial charge in [0.2, 0.25) is 5.76 Å². The van der Waals surface area contributed by atoms with Crippen LogP contribution in [0.3, 0.4) is 0 Å². The standard InChI is InChI=1S/C21H19NO8S/c1-12(2)29-18(23)10-22-19(24)17(31-21(22)27)9-13-3-5-14(6-4-13)28-11-15-7-8-16(30-15)20(25)26/h3-9,12H,10-11H2,1-2H3,(H,25,26)/b17-9+. The number of imide groups is 1. The zero-order valence-electron chi connectivity index (χ0n) is 16.7. The predicted molar refractivity (Wildman–Crippen MR) is 110 cm³/mol. The summed E-state index contributed by atoms with van der Waals surface area (Å²) >= 11 is 0.753. The fourth-order valence-electron chi connectivity index (χ4n) is 2.60. The topological polar surface area (TPSA) is 123 Å². The van der Waals surface area contributed by atoms with Gasteiger partial charge in [-0.25, -0.2) is 4.79 Å². The van der Waals surface area contributed by atoms with Crippen LogP contribution in [0.1, 0.15) is 35.7 Å². The molecule has 1 aliphatic rings. The number of thioether (sulfide) groups is 1. The van der Waals surface area contributed by atoms with Crippen LogP contribution in [0.25, 0.3) is 6.08 Å². The molecule has 2 amide bonds. The van der Waals surface area contributed by atoms with Gasteiger partial charge in [-0.1, -0.05) is 12.1 Å². The second-order valence-electron chi connectivity index (χ2n) is 6.74. The molecule has 2 aromatic rings. The normalized spacial score (nSPS) is 15.1. The molecule has 1 aromatic heterocycles. The largest absolute Gasteiger partial charge is 0.486 e. The smallest absolute Gasteiger partial charge is 0.371 e. The highest BCUT2D eigenvalue weighted by Gasteiger charge is 2.36. The molecule has 9 nitrogen and oxygen atoms in total. The van der Waals surface area contributed by atoms with Gasteiger partial charge >= 0.3 is 11.9 Å². The first-order valence-electron chi connectivity index (χ1n) is 9.22. The molecular weight excluding hydrogens is 426 g/mol. The van der Waals surface area contributed by atoms with Gasteiger partial charge in [0.15, 0.2) is 0 Å². The lowest BCUT2D eigenvalue weighted by Crippen LogP contribution is -2.35. The second-order valence-corrected chi connectivity index (χ2v) is 7.73. The molecule has 10 heteroatoms. The molecule has 0 unspecified atom stereocenters. The number of carbonyl (C=O) groups is 4. The molecule has 1 fully saturated rings. The van der Waals surface area contributed by atoms with Gasteiger partial charge in [0, 0.05) is 0 Å². The Morgan fingerprint density at radius 2 is 1.87 bits per heavy atom. The Balaban J connectivity index is 1.60. The van der Waals surface area contributed by atoms with Crippen molar-refractivity contribution in [2.45, 2.75) is 26.6 Å². The first-order chi connectivity index (χ1) is 14.7. The molecule has 2 heterocycles. The van der Waals surface area contributed by atoms with Crippen molar-refractivity contribution in [1.29, 1.82) is 0 Å². The Morgan fingerprint density at radius 1 is 1.16 bits per heavy atom. The minimum absolute atomic E-state index is 0.0536. The number of esters is 1. The molecule has 31 heavy (non-hydrogen) atoms. The van der Waals surface area contributed by atoms with E-state index in [1.54, 1.807) is 44.2 Å². The maximum atomic E-state index is 12.4. The molecule has 0 spiro atoms. The van der Waals surface area contributed by atoms with Crippen LogP contribution in [-0.2, 0) is 20.9 Å². The first kappa shape index (κ1) is 22.2. The molecule has 0 saturated carbocycles. The van der Waals surface area contributed by atoms with Crippen LogP contribution in [0.4, 0.5) is 4.79 Å². The third-order valence-corrected chi connectivity index (χ3v) is 4.87. The van der Waals surface area contributed by atoms with Gasteiger partial charge in [0.25, 0.3) is 11.1 Å². The van der Waals surface area contributed by atoms with Crippen molar-refractivity contribution in [2.24, 2.45) is 0 Å². The third-order valence-electron chi connectivity index (χ3n) is 3.96. The lowest BCUT2D eigenvalue weighted by Gasteiger charge is -2.13. The van der Waals surface area contributed by atoms with Crippen molar-refractivity contribution < 1.29 is 38.2 Å². The van der Waals surface area contributed by atoms with Crippen molar-refractivity contribution in [3.8, 4) is 5.75 Å². The highest BCUT2D eigenvalue weighted by Crippen LogP contribution is 2.32. The molecular formula is C21H19NO8S. The van der Waals surface area contributed by atoms with Gasteiger partial charge in [0.1, 0.15) is 24.7 Å². The SMILES string of the molecule is CC(C)OC(=O)CN1C(=O)S/C(=C/c2ccc(OCc3ccc(C(=O)O)o3)cc2)C1=O. The summed E-state index contributed by atoms with van der Waals surface area (Å²) in [6, 6.07) is 9.58. The summed E-state index contributed by atoms with van der Waals surface area (Å²) in [5.74, 6) is -1.64. The summed E-state index contributed by atoms with van der Waals surface area (Å²) < 4.78 is 15.6. The van der Waals surface area contributed by atoms with Gasteiger partial charge in [-0.15, -0.1) is 0 Å². The molecule has 0 aliphatic carbocycles. The Kier molecular flexibility index (Phi) is 6.81. The Morgan fingerprint density at radius 3 is 2.48 bits per heavy atom. The fourth-order valence-corrected chi connectivity index (χ4v) is 3.44. The van der Waals surface area contributed by atoms with Crippen LogP contribution < -0.4 is 4.74 Å². The van der Waals surface area contributed by atoms with Crippen LogP contribution in [-0.4, -0.2) is 45.7 Å². The number of rotatable bonds is 8. The lowest BCUT2D eigenvalue weighted by molar-refractivity contribution is -0.149. The van der Waals surface area contributed by atoms with E-state index in [1.807, 2.05) is 0 Å². The van der Waals surface area contributed by atoms with E-state index in [1.165, 1.54) is 12.1 Å². The number of benzene rings is 1. The zero-order valence-corrected chi connectivity index (χ0v) is 17.5. The van der Waals surface area contributed by atoms with E-state index in [4.69, 9.17) is 19.0 Å². The molecule has 0 atom stereocenters. The first-order valence-corrected chi connectivity index (χ1v) is 10.0. The monoisotopic (exact) mass is 445 g/mol. The second kappa shape index (κ2) is 9.52. The number of hydrogen-bond donors (Lipinski definition) is 1. The number of ether oxygens (including phenoxy) is 2. The maximum Gasteiger partial charge on any atom is 0.371 e. The number of hydrogen-bond acceptors (Lipinski definition) is 8. The summed E-state index contributed by atoms with van der Waals surface area (Å²) in [4.78, 5) is 48.2. The third kappa shape index (κ3) is 5.76. The molecule has 3 rings (SSSR count). The van der Waals surface area contributed by atoms with E-state index in [0.717, 1.165) is 16.7 Å². The Bertz CT molecular complexity index is 1040. The number of carbonyl (C=O) groups excluding carboxylic acids is 3. The number of carboxylic acid groups (broad SMARTS) is 1. The molecule has 0 bridgehead atoms. The minimum atomic E-state index is -1.16. The molecule has 0 radical (unpaired) electrons. The van der Waals surface area contributed by atoms with Crippen LogP contribution >= 0.6 is 11.8 Å². The zero-order chi connectivity index (χ0) is 22.5. The highest BCUT2D eigenvalue weighted by atomic mass is 32.2. The highest BCUT2D eigenvalue weighted by molar-refractivity contribution is 8.18. The van der Waals surface area contributed by atoms with Crippen LogP contribution in [0.2, 0.25) is 0 Å². The average molecular weight is 445 g/mol. The van der Waals surface area contributed by atoms with E-state index in [0.29, 0.717) is 17.1 Å². The number of furan rings is 1. The van der Waals surface area contributed by atoms with Crippen molar-refractivity contribution >= 4 is 40.9 Å². The Labute approximate surface area is 181 Å². The number of amides is 2. The van der Waals surface area contributed by atoms with Crippen molar-refractivity contribution in [2.75, 3.05) is 6.54 Å². The summed E-state index contributed by atoms with van der Waals surface area (Å²) in [6.07, 6.45) is 1.21. The van der Waals surface area contributed by atoms with E-state index < -0.39 is 29.6 Å². The molecule has 1 aromatic carbocycles. The van der Waals surface area contributed by atoms with Crippen LogP contribution in [0.5, 0.6) is 5.75 Å². The molecule has 1 aliphatic heterocycles. The van der Waals surface area contributed by atoms with E-state index in [2.05, 4.69) is 0 Å². The van der Waals surface area contributed by atoms with Crippen molar-refractivity contribution in [3.05, 3.63) is 58.4 Å². The lowest BCUT2D eigenvalue weighted by atomic mass is 10.2. The van der Waals surface area contributed by atoms with Gasteiger partial charge in [-0.2, -0.15) is 0 Å². The van der Waals surface area contributed by atoms with Crippen molar-refractivity contribution in [3.63, 3.8) is 0 Å². The Hall–Kier alpha value is -3.53. The summed E-state index contributed by atoms with van der Waals surface area (Å²) in [7, 11) is 0. The van der Waals surface area contributed by atoms with Gasteiger partial charge < -0.3 is 19.0 Å². The maximum absolute atomic E-state index is 12.4. The van der Waals surface area contributed by atoms with E-state index >= 15 is 0 Å². The number of carboxylic acids is 1. The van der Waals surface area contributed by atoms with Crippen LogP contribution in [0, 0.1) is 0 Å². The van der Waals surface area contributed by atoms with E-state index in [-0.39, 0.29) is 23.4 Å². The number of aromatic carboxylic acids is 1. The molecule has 1 N–H and O–H groups in total. The fraction of sp³-hybridized carbons (Fsp3) is 0.238. The molecule has 1 saturated heterocycles. The van der Waals surface area contributed by atoms with E-state index in [9.17, 15) is 19.2 Å². The van der Waals surface area contributed by atoms with Gasteiger partial charge in [-0.3, -0.25) is 19.3 Å². The van der Waals surface area contributed by atoms with Gasteiger partial charge in [-0.05, 0) is 61.5 Å².